The first-order chi connectivity index (χ1) is 12.2. The highest BCUT2D eigenvalue weighted by atomic mass is 16.5. The highest BCUT2D eigenvalue weighted by Crippen LogP contribution is 2.08. The molecule has 0 aromatic carbocycles. The van der Waals surface area contributed by atoms with Crippen LogP contribution in [0.1, 0.15) is 71.1 Å². The maximum absolute atomic E-state index is 10.8. The van der Waals surface area contributed by atoms with Gasteiger partial charge in [-0.2, -0.15) is 0 Å². The van der Waals surface area contributed by atoms with Gasteiger partial charge in [-0.1, -0.05) is 68.7 Å². The summed E-state index contributed by atoms with van der Waals surface area (Å²) >= 11 is 0. The van der Waals surface area contributed by atoms with Gasteiger partial charge in [0.2, 0.25) is 0 Å². The lowest BCUT2D eigenvalue weighted by Crippen LogP contribution is -2.23. The number of carboxylic acid groups (broad SMARTS) is 1. The summed E-state index contributed by atoms with van der Waals surface area (Å²) in [4.78, 5) is 10.8. The van der Waals surface area contributed by atoms with Gasteiger partial charge < -0.3 is 9.84 Å². The van der Waals surface area contributed by atoms with Crippen molar-refractivity contribution in [2.75, 3.05) is 6.61 Å². The zero-order chi connectivity index (χ0) is 18.6. The van der Waals surface area contributed by atoms with Crippen molar-refractivity contribution in [3.8, 4) is 0 Å². The van der Waals surface area contributed by atoms with Gasteiger partial charge in [-0.15, -0.1) is 6.58 Å². The Kier molecular flexibility index (Phi) is 17.5. The molecule has 3 nitrogen and oxygen atoms in total. The van der Waals surface area contributed by atoms with Crippen LogP contribution < -0.4 is 0 Å². The molecule has 0 aliphatic rings. The highest BCUT2D eigenvalue weighted by molar-refractivity contribution is 5.72. The fraction of sp³-hybridized carbons (Fsp3) is 0.591. The van der Waals surface area contributed by atoms with Crippen LogP contribution in [0.25, 0.3) is 0 Å². The lowest BCUT2D eigenvalue weighted by molar-refractivity contribution is -0.150. The zero-order valence-electron chi connectivity index (χ0n) is 15.9. The zero-order valence-corrected chi connectivity index (χ0v) is 15.9. The molecular weight excluding hydrogens is 312 g/mol. The molecule has 1 unspecified atom stereocenters. The summed E-state index contributed by atoms with van der Waals surface area (Å²) in [5, 5.41) is 8.87. The predicted molar refractivity (Wildman–Crippen MR) is 107 cm³/mol. The van der Waals surface area contributed by atoms with Crippen molar-refractivity contribution in [2.45, 2.75) is 77.2 Å². The lowest BCUT2D eigenvalue weighted by atomic mass is 10.1. The molecule has 142 valence electrons. The van der Waals surface area contributed by atoms with Crippen molar-refractivity contribution in [1.82, 2.24) is 0 Å². The summed E-state index contributed by atoms with van der Waals surface area (Å²) in [7, 11) is 0. The van der Waals surface area contributed by atoms with Crippen molar-refractivity contribution in [2.24, 2.45) is 0 Å². The Hall–Kier alpha value is -1.61. The smallest absolute Gasteiger partial charge is 0.332 e. The van der Waals surface area contributed by atoms with Crippen LogP contribution in [0.2, 0.25) is 0 Å². The van der Waals surface area contributed by atoms with Crippen molar-refractivity contribution in [3.05, 3.63) is 49.1 Å². The van der Waals surface area contributed by atoms with Crippen LogP contribution in [-0.4, -0.2) is 23.8 Å². The highest BCUT2D eigenvalue weighted by Gasteiger charge is 2.14. The normalized spacial score (nSPS) is 13.2. The quantitative estimate of drug-likeness (QED) is 0.250. The first-order valence-corrected chi connectivity index (χ1v) is 9.62. The minimum atomic E-state index is -0.853. The molecule has 0 radical (unpaired) electrons. The topological polar surface area (TPSA) is 46.5 Å². The van der Waals surface area contributed by atoms with E-state index in [0.29, 0.717) is 13.0 Å². The SMILES string of the molecule is C=CC/C=C\C/C=C\C/C=C\CCCCCCCOC(CC)C(=O)O. The number of carboxylic acids is 1. The molecule has 0 spiro atoms. The van der Waals surface area contributed by atoms with E-state index in [0.717, 1.165) is 38.5 Å². The summed E-state index contributed by atoms with van der Waals surface area (Å²) in [5.74, 6) is -0.853. The number of hydrogen-bond acceptors (Lipinski definition) is 2. The minimum absolute atomic E-state index is 0.531. The molecule has 3 heteroatoms. The third-order valence-electron chi connectivity index (χ3n) is 3.83. The average molecular weight is 349 g/mol. The third kappa shape index (κ3) is 17.0. The molecule has 0 saturated heterocycles. The fourth-order valence-electron chi connectivity index (χ4n) is 2.34. The number of unbranched alkanes of at least 4 members (excludes halogenated alkanes) is 5. The van der Waals surface area contributed by atoms with E-state index in [9.17, 15) is 4.79 Å². The van der Waals surface area contributed by atoms with E-state index in [1.165, 1.54) is 19.3 Å². The summed E-state index contributed by atoms with van der Waals surface area (Å²) in [6.45, 7) is 6.07. The van der Waals surface area contributed by atoms with E-state index in [4.69, 9.17) is 9.84 Å². The van der Waals surface area contributed by atoms with Crippen molar-refractivity contribution >= 4 is 5.97 Å². The largest absolute Gasteiger partial charge is 0.479 e. The third-order valence-corrected chi connectivity index (χ3v) is 3.83. The Bertz CT molecular complexity index is 407. The maximum Gasteiger partial charge on any atom is 0.332 e. The van der Waals surface area contributed by atoms with Crippen LogP contribution in [0.3, 0.4) is 0 Å². The van der Waals surface area contributed by atoms with Gasteiger partial charge in [-0.3, -0.25) is 0 Å². The Balaban J connectivity index is 3.36. The van der Waals surface area contributed by atoms with Gasteiger partial charge in [-0.25, -0.2) is 4.79 Å². The standard InChI is InChI=1S/C22H36O3/c1-3-5-6-7-8-9-10-11-12-13-14-15-16-17-18-19-20-25-21(4-2)22(23)24/h3,6-7,9-10,12-13,21H,1,4-5,8,11,14-20H2,2H3,(H,23,24)/b7-6-,10-9-,13-12-. The van der Waals surface area contributed by atoms with E-state index in [1.807, 2.05) is 13.0 Å². The van der Waals surface area contributed by atoms with Crippen LogP contribution in [-0.2, 0) is 9.53 Å². The Labute approximate surface area is 154 Å². The molecule has 0 aromatic rings. The Morgan fingerprint density at radius 3 is 2.08 bits per heavy atom. The summed E-state index contributed by atoms with van der Waals surface area (Å²) in [6.07, 6.45) is 24.8. The van der Waals surface area contributed by atoms with Gasteiger partial charge in [0.05, 0.1) is 0 Å². The molecule has 25 heavy (non-hydrogen) atoms. The Morgan fingerprint density at radius 1 is 0.920 bits per heavy atom. The Morgan fingerprint density at radius 2 is 1.48 bits per heavy atom. The van der Waals surface area contributed by atoms with E-state index < -0.39 is 12.1 Å². The number of ether oxygens (including phenoxy) is 1. The second kappa shape index (κ2) is 18.7. The fourth-order valence-corrected chi connectivity index (χ4v) is 2.34. The van der Waals surface area contributed by atoms with Crippen LogP contribution in [0, 0.1) is 0 Å². The average Bonchev–Trinajstić information content (AvgIpc) is 2.60. The van der Waals surface area contributed by atoms with Gasteiger partial charge in [0.25, 0.3) is 0 Å². The molecule has 0 aliphatic carbocycles. The molecule has 0 saturated carbocycles. The second-order valence-electron chi connectivity index (χ2n) is 6.07. The van der Waals surface area contributed by atoms with E-state index in [-0.39, 0.29) is 0 Å². The number of rotatable bonds is 17. The molecular formula is C22H36O3. The van der Waals surface area contributed by atoms with Crippen LogP contribution in [0.5, 0.6) is 0 Å². The molecule has 0 aromatic heterocycles. The number of hydrogen-bond donors (Lipinski definition) is 1. The number of allylic oxidation sites excluding steroid dienone is 7. The molecule has 1 atom stereocenters. The first-order valence-electron chi connectivity index (χ1n) is 9.62. The number of carbonyl (C=O) groups is 1. The second-order valence-corrected chi connectivity index (χ2v) is 6.07. The van der Waals surface area contributed by atoms with Crippen molar-refractivity contribution in [3.63, 3.8) is 0 Å². The first kappa shape index (κ1) is 23.4. The van der Waals surface area contributed by atoms with Crippen molar-refractivity contribution < 1.29 is 14.6 Å². The molecule has 0 aliphatic heterocycles. The van der Waals surface area contributed by atoms with Crippen LogP contribution in [0.15, 0.2) is 49.1 Å². The van der Waals surface area contributed by atoms with Crippen LogP contribution >= 0.6 is 0 Å². The van der Waals surface area contributed by atoms with E-state index in [2.05, 4.69) is 43.0 Å². The maximum atomic E-state index is 10.8. The van der Waals surface area contributed by atoms with E-state index in [1.54, 1.807) is 0 Å². The van der Waals surface area contributed by atoms with Gasteiger partial charge >= 0.3 is 5.97 Å². The van der Waals surface area contributed by atoms with Crippen molar-refractivity contribution in [1.29, 1.82) is 0 Å². The van der Waals surface area contributed by atoms with E-state index >= 15 is 0 Å². The summed E-state index contributed by atoms with van der Waals surface area (Å²) in [5.41, 5.74) is 0. The van der Waals surface area contributed by atoms with Gasteiger partial charge in [-0.05, 0) is 44.9 Å². The molecule has 0 amide bonds. The molecule has 0 bridgehead atoms. The minimum Gasteiger partial charge on any atom is -0.479 e. The monoisotopic (exact) mass is 348 g/mol. The molecule has 1 N–H and O–H groups in total. The van der Waals surface area contributed by atoms with Gasteiger partial charge in [0.15, 0.2) is 6.10 Å². The van der Waals surface area contributed by atoms with Crippen LogP contribution in [0.4, 0.5) is 0 Å². The predicted octanol–water partition coefficient (Wildman–Crippen LogP) is 6.23. The summed E-state index contributed by atoms with van der Waals surface area (Å²) < 4.78 is 5.35. The summed E-state index contributed by atoms with van der Waals surface area (Å²) in [6, 6.07) is 0. The molecule has 0 fully saturated rings. The lowest BCUT2D eigenvalue weighted by Gasteiger charge is -2.10. The van der Waals surface area contributed by atoms with Gasteiger partial charge in [0, 0.05) is 6.61 Å². The number of aliphatic carboxylic acids is 1. The van der Waals surface area contributed by atoms with Gasteiger partial charge in [0.1, 0.15) is 0 Å². The molecule has 0 rings (SSSR count). The molecule has 0 heterocycles.